The van der Waals surface area contributed by atoms with E-state index in [9.17, 15) is 0 Å². The van der Waals surface area contributed by atoms with Crippen molar-refractivity contribution < 1.29 is 800 Å². The third kappa shape index (κ3) is 965. The Morgan fingerprint density at radius 1 is 0.154 bits per heavy atom. The SMILES string of the molecule is C.C.C.C.C.C.C.C.C.C.C.C.C.C.C.C.C.C.C.C.C.C.C.C.C.O.[Al+3].[Al+3].[Ca+2].[Ca+2].[Cl-].[Cl-].[Cl-].[Cl-].[H-].[H-].[H-].[H-].[H-].[H-].[H-].[H-].[K+].[K+].[K+].[K+].[Mg+2].[Na+].[Na+].[Na+].[Na+].[Na+].[Na+].[Na+].[Na+].[Na+].[Na+].[Na+].[Na+].[Na+].[Na+].[Na+].[Na+].[OH-].[OH-].[OH-].[OH-].[OH-].[OH-].[OH-].[OH-].[OH-].[OH-]. The molecule has 0 unspecified atom stereocenters. The third-order valence-electron chi connectivity index (χ3n) is 0. The van der Waals surface area contributed by atoms with Gasteiger partial charge >= 0.3 is 812 Å². The summed E-state index contributed by atoms with van der Waals surface area (Å²) in [6.07, 6.45) is 0. The van der Waals surface area contributed by atoms with Gasteiger partial charge in [0.1, 0.15) is 0 Å². The fourth-order valence-corrected chi connectivity index (χ4v) is 0. The summed E-state index contributed by atoms with van der Waals surface area (Å²) < 4.78 is 0. The summed E-state index contributed by atoms with van der Waals surface area (Å²) in [6.45, 7) is 0. The van der Waals surface area contributed by atoms with Crippen LogP contribution in [-0.2, 0) is 0 Å². The molecule has 0 rings (SSSR count). The molecule has 12 N–H and O–H groups in total. The monoisotopic (exact) mass is 1420 g/mol. The molecule has 0 aliphatic carbocycles. The van der Waals surface area contributed by atoms with E-state index < -0.39 is 0 Å². The van der Waals surface area contributed by atoms with Crippen LogP contribution >= 0.6 is 0 Å². The van der Waals surface area contributed by atoms with Gasteiger partial charge in [-0.25, -0.2) is 0 Å². The van der Waals surface area contributed by atoms with Crippen LogP contribution in [0.1, 0.15) is 197 Å². The van der Waals surface area contributed by atoms with Gasteiger partial charge in [-0.2, -0.15) is 0 Å². The first-order chi connectivity index (χ1) is 0. The molecule has 0 fully saturated rings. The van der Waals surface area contributed by atoms with E-state index in [4.69, 9.17) is 0 Å². The van der Waals surface area contributed by atoms with Crippen LogP contribution in [0.4, 0.5) is 0 Å². The summed E-state index contributed by atoms with van der Waals surface area (Å²) in [6, 6.07) is 0. The maximum Gasteiger partial charge on any atom is 3.00 e. The summed E-state index contributed by atoms with van der Waals surface area (Å²) in [4.78, 5) is 0. The zero-order valence-corrected chi connectivity index (χ0v) is 85.4. The minimum Gasteiger partial charge on any atom is -1.00 e. The van der Waals surface area contributed by atoms with Gasteiger partial charge < -0.3 is 121 Å². The van der Waals surface area contributed by atoms with Crippen molar-refractivity contribution in [2.75, 3.05) is 0 Å². The minimum atomic E-state index is 0. The van der Waals surface area contributed by atoms with Crippen LogP contribution in [0.5, 0.6) is 0 Å². The van der Waals surface area contributed by atoms with E-state index in [1.807, 2.05) is 0 Å². The number of hydrogen-bond acceptors (Lipinski definition) is 10. The van der Waals surface area contributed by atoms with Gasteiger partial charge in [-0.3, -0.25) is 0 Å². The molecule has 0 atom stereocenters. The molecule has 0 saturated carbocycles. The van der Waals surface area contributed by atoms with E-state index >= 15 is 0 Å². The maximum absolute atomic E-state index is 0. The molecule has 0 saturated heterocycles. The summed E-state index contributed by atoms with van der Waals surface area (Å²) in [7, 11) is 0. The van der Waals surface area contributed by atoms with Gasteiger partial charge in [0.2, 0.25) is 0 Å². The molecular formula is C25H120Al2Ca2Cl4K4MgNa16O11+10. The first kappa shape index (κ1) is 1020. The molecule has 0 radical (unpaired) electrons. The number of halogens is 4. The van der Waals surface area contributed by atoms with Crippen LogP contribution in [0.25, 0.3) is 0 Å². The molecule has 0 aromatic heterocycles. The van der Waals surface area contributed by atoms with E-state index in [1.54, 1.807) is 0 Å². The summed E-state index contributed by atoms with van der Waals surface area (Å²) in [5.74, 6) is 0. The largest absolute Gasteiger partial charge is 3.00 e. The van der Waals surface area contributed by atoms with Gasteiger partial charge in [0.25, 0.3) is 0 Å². The Kier molecular flexibility index (Phi) is 15500. The van der Waals surface area contributed by atoms with Gasteiger partial charge in [-0.1, -0.05) is 186 Å². The first-order valence-electron chi connectivity index (χ1n) is 0. The molecule has 336 valence electrons. The second kappa shape index (κ2) is 986. The molecule has 0 aromatic carbocycles. The van der Waals surface area contributed by atoms with E-state index in [2.05, 4.69) is 0 Å². The van der Waals surface area contributed by atoms with E-state index in [0.717, 1.165) is 0 Å². The second-order valence-electron chi connectivity index (χ2n) is 0. The Hall–Kier alpha value is 27.6. The van der Waals surface area contributed by atoms with Crippen LogP contribution in [0.15, 0.2) is 0 Å². The Morgan fingerprint density at radius 3 is 0.154 bits per heavy atom. The van der Waals surface area contributed by atoms with E-state index in [-0.39, 0.29) is 1120 Å². The molecule has 0 aliphatic rings. The summed E-state index contributed by atoms with van der Waals surface area (Å²) >= 11 is 0. The Balaban J connectivity index is 0. The van der Waals surface area contributed by atoms with Crippen LogP contribution in [0, 0.1) is 0 Å². The predicted molar refractivity (Wildman–Crippen MR) is 229 cm³/mol. The Labute approximate surface area is 1080 Å². The number of rotatable bonds is 0. The van der Waals surface area contributed by atoms with E-state index in [0.29, 0.717) is 0 Å². The van der Waals surface area contributed by atoms with Crippen LogP contribution in [0.2, 0.25) is 0 Å². The molecule has 11 nitrogen and oxygen atoms in total. The van der Waals surface area contributed by atoms with Gasteiger partial charge in [-0.15, -0.1) is 0 Å². The quantitative estimate of drug-likeness (QED) is 0.206. The van der Waals surface area contributed by atoms with Crippen molar-refractivity contribution in [3.8, 4) is 0 Å². The molecule has 40 heteroatoms. The van der Waals surface area contributed by atoms with E-state index in [1.165, 1.54) is 0 Å². The van der Waals surface area contributed by atoms with Crippen molar-refractivity contribution in [3.05, 3.63) is 0 Å². The second-order valence-corrected chi connectivity index (χ2v) is 0. The van der Waals surface area contributed by atoms with Crippen molar-refractivity contribution >= 4 is 133 Å². The van der Waals surface area contributed by atoms with Crippen molar-refractivity contribution in [2.24, 2.45) is 0 Å². The maximum atomic E-state index is 0. The van der Waals surface area contributed by atoms with Gasteiger partial charge in [0.05, 0.1) is 0 Å². The number of hydrogen-bond donors (Lipinski definition) is 0. The fraction of sp³-hybridized carbons (Fsp3) is 1.00. The standard InChI is InChI=1S/25CH4.2Al.2Ca.4ClH.4K.Mg.16Na.11H2O.8H/h25*1H4;;;;;4*1H;;;;;;;;;;;;;;;;;;;;;;11*1H2;;;;;;;;/q;;;;;;;;;;;;;;;;;;;;;;;;;2*+3;2*+2;;;;;4*+1;+2;16*+1;;;;;;;;;;;;8*-1/p-14. The van der Waals surface area contributed by atoms with Crippen LogP contribution in [0.3, 0.4) is 0 Å². The molecule has 0 bridgehead atoms. The normalized spacial score (nSPS) is 0. The zero-order valence-electron chi connectivity index (χ0n) is 37.8. The molecular weight excluding hydrogens is 1300 g/mol. The van der Waals surface area contributed by atoms with Crippen molar-refractivity contribution in [3.63, 3.8) is 0 Å². The van der Waals surface area contributed by atoms with Crippen molar-refractivity contribution in [1.82, 2.24) is 0 Å². The molecule has 0 heterocycles. The fourth-order valence-electron chi connectivity index (χ4n) is 0. The first-order valence-corrected chi connectivity index (χ1v) is 0. The zero-order chi connectivity index (χ0) is 0. The average molecular weight is 1420 g/mol. The van der Waals surface area contributed by atoms with Crippen molar-refractivity contribution in [2.45, 2.75) is 186 Å². The topological polar surface area (TPSA) is 332 Å². The Morgan fingerprint density at radius 2 is 0.154 bits per heavy atom. The predicted octanol–water partition coefficient (Wildman–Crippen LogP) is -59.6. The average Bonchev–Trinajstić information content (AvgIpc) is 0. The van der Waals surface area contributed by atoms with Gasteiger partial charge in [-0.05, 0) is 0 Å². The molecule has 0 aromatic rings. The third-order valence-corrected chi connectivity index (χ3v) is 0. The smallest absolute Gasteiger partial charge is 1.00 e. The summed E-state index contributed by atoms with van der Waals surface area (Å²) in [5, 5.41) is 0. The molecule has 0 amide bonds. The molecule has 0 aliphatic heterocycles. The molecule has 65 heavy (non-hydrogen) atoms. The van der Waals surface area contributed by atoms with Crippen LogP contribution in [-0.4, -0.2) is 193 Å². The van der Waals surface area contributed by atoms with Crippen LogP contribution < -0.4 is 728 Å². The minimum absolute atomic E-state index is 0. The van der Waals surface area contributed by atoms with Crippen molar-refractivity contribution in [1.29, 1.82) is 0 Å². The van der Waals surface area contributed by atoms with Gasteiger partial charge in [0.15, 0.2) is 0 Å². The van der Waals surface area contributed by atoms with Gasteiger partial charge in [0, 0.05) is 0 Å². The summed E-state index contributed by atoms with van der Waals surface area (Å²) in [5.41, 5.74) is 0. The molecule has 0 spiro atoms. The Bertz CT molecular complexity index is 190.